The highest BCUT2D eigenvalue weighted by atomic mass is 32.1. The number of aromatic nitrogens is 1. The van der Waals surface area contributed by atoms with Gasteiger partial charge in [0.1, 0.15) is 4.88 Å². The van der Waals surface area contributed by atoms with Gasteiger partial charge in [-0.1, -0.05) is 32.1 Å². The van der Waals surface area contributed by atoms with E-state index in [1.165, 1.54) is 17.8 Å². The van der Waals surface area contributed by atoms with Gasteiger partial charge in [-0.05, 0) is 26.2 Å². The van der Waals surface area contributed by atoms with E-state index in [4.69, 9.17) is 0 Å². The lowest BCUT2D eigenvalue weighted by Gasteiger charge is -2.33. The third kappa shape index (κ3) is 2.91. The standard InChI is InChI=1S/C14H22N2O2S/c1-9-7-5-6-8-16(9)13-15-11(14(2,3)4)10(19-13)12(17)18/h9H,5-8H2,1-4H3,(H,17,18). The van der Waals surface area contributed by atoms with Crippen molar-refractivity contribution in [2.45, 2.75) is 58.4 Å². The monoisotopic (exact) mass is 282 g/mol. The Balaban J connectivity index is 2.40. The zero-order valence-corrected chi connectivity index (χ0v) is 12.9. The van der Waals surface area contributed by atoms with Gasteiger partial charge in [0.05, 0.1) is 5.69 Å². The normalized spacial score (nSPS) is 20.6. The second-order valence-electron chi connectivity index (χ2n) is 6.27. The number of carbonyl (C=O) groups is 1. The largest absolute Gasteiger partial charge is 0.477 e. The number of thiazole rings is 1. The number of nitrogens with zero attached hydrogens (tertiary/aromatic N) is 2. The van der Waals surface area contributed by atoms with Gasteiger partial charge in [-0.15, -0.1) is 0 Å². The highest BCUT2D eigenvalue weighted by Gasteiger charge is 2.30. The van der Waals surface area contributed by atoms with E-state index < -0.39 is 5.97 Å². The lowest BCUT2D eigenvalue weighted by molar-refractivity contribution is 0.0699. The highest BCUT2D eigenvalue weighted by molar-refractivity contribution is 7.17. The predicted molar refractivity (Wildman–Crippen MR) is 78.4 cm³/mol. The molecule has 1 aromatic heterocycles. The number of carboxylic acids is 1. The first-order chi connectivity index (χ1) is 8.80. The third-order valence-corrected chi connectivity index (χ3v) is 4.65. The summed E-state index contributed by atoms with van der Waals surface area (Å²) in [5.74, 6) is -0.863. The van der Waals surface area contributed by atoms with Crippen molar-refractivity contribution in [2.75, 3.05) is 11.4 Å². The van der Waals surface area contributed by atoms with Crippen LogP contribution >= 0.6 is 11.3 Å². The van der Waals surface area contributed by atoms with Gasteiger partial charge in [-0.3, -0.25) is 0 Å². The van der Waals surface area contributed by atoms with E-state index in [-0.39, 0.29) is 5.41 Å². The predicted octanol–water partition coefficient (Wildman–Crippen LogP) is 3.52. The molecule has 0 bridgehead atoms. The van der Waals surface area contributed by atoms with Crippen LogP contribution in [0.25, 0.3) is 0 Å². The Morgan fingerprint density at radius 1 is 1.42 bits per heavy atom. The molecule has 1 saturated heterocycles. The van der Waals surface area contributed by atoms with Crippen molar-refractivity contribution < 1.29 is 9.90 Å². The average molecular weight is 282 g/mol. The van der Waals surface area contributed by atoms with Gasteiger partial charge in [0.2, 0.25) is 0 Å². The SMILES string of the molecule is CC1CCCCN1c1nc(C(C)(C)C)c(C(=O)O)s1. The number of hydrogen-bond acceptors (Lipinski definition) is 4. The molecule has 1 aliphatic heterocycles. The number of hydrogen-bond donors (Lipinski definition) is 1. The summed E-state index contributed by atoms with van der Waals surface area (Å²) in [5, 5.41) is 10.2. The summed E-state index contributed by atoms with van der Waals surface area (Å²) in [6, 6.07) is 0.453. The van der Waals surface area contributed by atoms with E-state index in [2.05, 4.69) is 16.8 Å². The van der Waals surface area contributed by atoms with Gasteiger partial charge in [-0.25, -0.2) is 9.78 Å². The number of aromatic carboxylic acids is 1. The molecule has 2 heterocycles. The van der Waals surface area contributed by atoms with Crippen LogP contribution in [0, 0.1) is 0 Å². The van der Waals surface area contributed by atoms with Crippen LogP contribution in [0.1, 0.15) is 62.3 Å². The fourth-order valence-corrected chi connectivity index (χ4v) is 3.71. The highest BCUT2D eigenvalue weighted by Crippen LogP contribution is 2.36. The van der Waals surface area contributed by atoms with E-state index in [0.717, 1.165) is 24.5 Å². The van der Waals surface area contributed by atoms with E-state index in [1.54, 1.807) is 0 Å². The van der Waals surface area contributed by atoms with Crippen LogP contribution in [0.15, 0.2) is 0 Å². The van der Waals surface area contributed by atoms with Crippen molar-refractivity contribution >= 4 is 22.4 Å². The summed E-state index contributed by atoms with van der Waals surface area (Å²) in [4.78, 5) is 18.7. The molecule has 0 radical (unpaired) electrons. The first kappa shape index (κ1) is 14.3. The molecule has 5 heteroatoms. The summed E-state index contributed by atoms with van der Waals surface area (Å²) < 4.78 is 0. The van der Waals surface area contributed by atoms with E-state index in [1.807, 2.05) is 20.8 Å². The smallest absolute Gasteiger partial charge is 0.347 e. The van der Waals surface area contributed by atoms with Crippen LogP contribution in [0.4, 0.5) is 5.13 Å². The van der Waals surface area contributed by atoms with Crippen molar-refractivity contribution in [2.24, 2.45) is 0 Å². The number of rotatable bonds is 2. The van der Waals surface area contributed by atoms with Gasteiger partial charge in [0.25, 0.3) is 0 Å². The first-order valence-electron chi connectivity index (χ1n) is 6.82. The number of carboxylic acid groups (broad SMARTS) is 1. The van der Waals surface area contributed by atoms with Crippen molar-refractivity contribution in [3.63, 3.8) is 0 Å². The Bertz CT molecular complexity index is 476. The van der Waals surface area contributed by atoms with E-state index in [0.29, 0.717) is 16.6 Å². The lowest BCUT2D eigenvalue weighted by atomic mass is 9.91. The second-order valence-corrected chi connectivity index (χ2v) is 7.25. The Hall–Kier alpha value is -1.10. The molecule has 1 N–H and O–H groups in total. The van der Waals surface area contributed by atoms with Crippen LogP contribution in [0.5, 0.6) is 0 Å². The maximum absolute atomic E-state index is 11.4. The molecule has 4 nitrogen and oxygen atoms in total. The minimum atomic E-state index is -0.863. The molecule has 0 saturated carbocycles. The van der Waals surface area contributed by atoms with Crippen molar-refractivity contribution in [3.05, 3.63) is 10.6 Å². The van der Waals surface area contributed by atoms with Gasteiger partial charge in [0, 0.05) is 18.0 Å². The van der Waals surface area contributed by atoms with Gasteiger partial charge < -0.3 is 10.0 Å². The molecule has 2 rings (SSSR count). The molecule has 1 atom stereocenters. The van der Waals surface area contributed by atoms with E-state index >= 15 is 0 Å². The molecule has 1 fully saturated rings. The van der Waals surface area contributed by atoms with Crippen LogP contribution in [-0.4, -0.2) is 28.6 Å². The summed E-state index contributed by atoms with van der Waals surface area (Å²) >= 11 is 1.32. The van der Waals surface area contributed by atoms with Crippen molar-refractivity contribution in [3.8, 4) is 0 Å². The van der Waals surface area contributed by atoms with Crippen LogP contribution in [0.3, 0.4) is 0 Å². The summed E-state index contributed by atoms with van der Waals surface area (Å²) in [6.45, 7) is 9.21. The first-order valence-corrected chi connectivity index (χ1v) is 7.63. The zero-order chi connectivity index (χ0) is 14.2. The van der Waals surface area contributed by atoms with E-state index in [9.17, 15) is 9.90 Å². The minimum Gasteiger partial charge on any atom is -0.477 e. The molecule has 1 unspecified atom stereocenters. The molecular formula is C14H22N2O2S. The molecule has 0 amide bonds. The average Bonchev–Trinajstić information content (AvgIpc) is 2.74. The molecule has 106 valence electrons. The third-order valence-electron chi connectivity index (χ3n) is 3.57. The fourth-order valence-electron chi connectivity index (χ4n) is 2.47. The maximum Gasteiger partial charge on any atom is 0.347 e. The molecular weight excluding hydrogens is 260 g/mol. The molecule has 19 heavy (non-hydrogen) atoms. The summed E-state index contributed by atoms with van der Waals surface area (Å²) in [7, 11) is 0. The Kier molecular flexibility index (Phi) is 3.85. The van der Waals surface area contributed by atoms with Gasteiger partial charge in [0.15, 0.2) is 5.13 Å². The van der Waals surface area contributed by atoms with Crippen LogP contribution in [0.2, 0.25) is 0 Å². The van der Waals surface area contributed by atoms with Crippen LogP contribution in [-0.2, 0) is 5.41 Å². The quantitative estimate of drug-likeness (QED) is 0.901. The molecule has 1 aliphatic rings. The number of piperidine rings is 1. The lowest BCUT2D eigenvalue weighted by Crippen LogP contribution is -2.37. The molecule has 1 aromatic rings. The Morgan fingerprint density at radius 3 is 2.58 bits per heavy atom. The van der Waals surface area contributed by atoms with Gasteiger partial charge in [-0.2, -0.15) is 0 Å². The topological polar surface area (TPSA) is 53.4 Å². The Labute approximate surface area is 118 Å². The van der Waals surface area contributed by atoms with Gasteiger partial charge >= 0.3 is 5.97 Å². The second kappa shape index (κ2) is 5.12. The molecule has 0 aliphatic carbocycles. The van der Waals surface area contributed by atoms with Crippen molar-refractivity contribution in [1.82, 2.24) is 4.98 Å². The maximum atomic E-state index is 11.4. The summed E-state index contributed by atoms with van der Waals surface area (Å²) in [6.07, 6.45) is 3.57. The molecule has 0 aromatic carbocycles. The minimum absolute atomic E-state index is 0.235. The van der Waals surface area contributed by atoms with Crippen molar-refractivity contribution in [1.29, 1.82) is 0 Å². The fraction of sp³-hybridized carbons (Fsp3) is 0.714. The number of anilines is 1. The van der Waals surface area contributed by atoms with Crippen LogP contribution < -0.4 is 4.90 Å². The summed E-state index contributed by atoms with van der Waals surface area (Å²) in [5.41, 5.74) is 0.472. The zero-order valence-electron chi connectivity index (χ0n) is 12.1. The Morgan fingerprint density at radius 2 is 2.11 bits per heavy atom. The molecule has 0 spiro atoms.